The molecule has 33 heavy (non-hydrogen) atoms. The lowest BCUT2D eigenvalue weighted by molar-refractivity contribution is -1.06. The standard InChI is InChI=1S/C24H32N2O7/c1-7-31-23(28)33-21-20(19-9-8-16(2)17(3)18(19)4)22(27)26(32-15-14-29-5)24(21)10-12-25(30-6)13-11-24/h7-9H,1,10-15H2,2-6H3/p+1. The highest BCUT2D eigenvalue weighted by atomic mass is 16.7. The average Bonchev–Trinajstić information content (AvgIpc) is 3.01. The Kier molecular flexibility index (Phi) is 8.04. The molecule has 2 aliphatic heterocycles. The Labute approximate surface area is 194 Å². The topological polar surface area (TPSA) is 88.0 Å². The van der Waals surface area contributed by atoms with Crippen molar-refractivity contribution < 1.29 is 38.5 Å². The van der Waals surface area contributed by atoms with E-state index < -0.39 is 11.7 Å². The first-order chi connectivity index (χ1) is 15.8. The van der Waals surface area contributed by atoms with Crippen LogP contribution in [0.25, 0.3) is 5.57 Å². The van der Waals surface area contributed by atoms with Gasteiger partial charge in [-0.25, -0.2) is 9.59 Å². The molecule has 0 saturated carbocycles. The highest BCUT2D eigenvalue weighted by Crippen LogP contribution is 2.39. The number of carbonyl (C=O) groups is 2. The minimum Gasteiger partial charge on any atom is -0.403 e. The van der Waals surface area contributed by atoms with Crippen LogP contribution in [0.3, 0.4) is 0 Å². The molecule has 9 nitrogen and oxygen atoms in total. The quantitative estimate of drug-likeness (QED) is 0.357. The van der Waals surface area contributed by atoms with Gasteiger partial charge in [0, 0.05) is 33.0 Å². The number of quaternary nitrogens is 1. The van der Waals surface area contributed by atoms with Crippen molar-refractivity contribution in [3.63, 3.8) is 0 Å². The normalized spacial score (nSPS) is 20.4. The molecule has 1 amide bonds. The van der Waals surface area contributed by atoms with Gasteiger partial charge >= 0.3 is 12.1 Å². The van der Waals surface area contributed by atoms with E-state index >= 15 is 0 Å². The molecule has 1 N–H and O–H groups in total. The Morgan fingerprint density at radius 3 is 2.45 bits per heavy atom. The van der Waals surface area contributed by atoms with E-state index in [1.165, 1.54) is 0 Å². The van der Waals surface area contributed by atoms with Gasteiger partial charge in [-0.1, -0.05) is 18.7 Å². The lowest BCUT2D eigenvalue weighted by Crippen LogP contribution is -3.20. The molecule has 9 heteroatoms. The molecule has 2 aliphatic rings. The van der Waals surface area contributed by atoms with E-state index in [-0.39, 0.29) is 23.3 Å². The lowest BCUT2D eigenvalue weighted by Gasteiger charge is -2.39. The third kappa shape index (κ3) is 4.73. The molecule has 1 aromatic rings. The molecule has 0 aromatic heterocycles. The third-order valence-corrected chi connectivity index (χ3v) is 6.59. The fourth-order valence-corrected chi connectivity index (χ4v) is 4.51. The number of rotatable bonds is 8. The van der Waals surface area contributed by atoms with Crippen LogP contribution in [0, 0.1) is 20.8 Å². The largest absolute Gasteiger partial charge is 0.518 e. The number of hydrogen-bond donors (Lipinski definition) is 1. The molecule has 1 unspecified atom stereocenters. The van der Waals surface area contributed by atoms with Crippen LogP contribution in [-0.4, -0.2) is 63.2 Å². The van der Waals surface area contributed by atoms with Crippen LogP contribution >= 0.6 is 0 Å². The zero-order valence-electron chi connectivity index (χ0n) is 20.0. The molecule has 3 rings (SSSR count). The van der Waals surface area contributed by atoms with Gasteiger partial charge in [0.1, 0.15) is 12.2 Å². The molecule has 0 radical (unpaired) electrons. The SMILES string of the molecule is C=COC(=O)OC1=C(c2ccc(C)c(C)c2C)C(=O)[NH+](OCCOC)C12CCN(OC)CC2. The van der Waals surface area contributed by atoms with E-state index in [4.69, 9.17) is 23.9 Å². The number of hydroxylamine groups is 4. The van der Waals surface area contributed by atoms with Gasteiger partial charge < -0.3 is 19.0 Å². The molecule has 1 saturated heterocycles. The summed E-state index contributed by atoms with van der Waals surface area (Å²) >= 11 is 0. The summed E-state index contributed by atoms with van der Waals surface area (Å²) in [5.74, 6) is -0.0291. The second-order valence-corrected chi connectivity index (χ2v) is 8.21. The van der Waals surface area contributed by atoms with Crippen molar-refractivity contribution in [3.8, 4) is 0 Å². The average molecular weight is 462 g/mol. The number of amides is 1. The number of hydrogen-bond acceptors (Lipinski definition) is 8. The van der Waals surface area contributed by atoms with Crippen molar-refractivity contribution in [1.29, 1.82) is 0 Å². The van der Waals surface area contributed by atoms with E-state index in [2.05, 4.69) is 6.58 Å². The van der Waals surface area contributed by atoms with Crippen LogP contribution in [-0.2, 0) is 28.7 Å². The summed E-state index contributed by atoms with van der Waals surface area (Å²) in [6.07, 6.45) is 0.997. The van der Waals surface area contributed by atoms with Crippen LogP contribution in [0.4, 0.5) is 4.79 Å². The van der Waals surface area contributed by atoms with Crippen LogP contribution in [0.2, 0.25) is 0 Å². The Morgan fingerprint density at radius 1 is 1.15 bits per heavy atom. The van der Waals surface area contributed by atoms with E-state index in [0.717, 1.165) is 23.0 Å². The molecular formula is C24H33N2O7+. The molecular weight excluding hydrogens is 428 g/mol. The maximum atomic E-state index is 13.9. The minimum atomic E-state index is -0.946. The molecule has 1 spiro atoms. The number of ether oxygens (including phenoxy) is 3. The minimum absolute atomic E-state index is 0.205. The first kappa shape index (κ1) is 25.1. The summed E-state index contributed by atoms with van der Waals surface area (Å²) in [5, 5.41) is 2.07. The van der Waals surface area contributed by atoms with Crippen molar-refractivity contribution in [3.05, 3.63) is 53.0 Å². The number of carbonyl (C=O) groups excluding carboxylic acids is 2. The Balaban J connectivity index is 2.18. The first-order valence-electron chi connectivity index (χ1n) is 10.9. The van der Waals surface area contributed by atoms with Crippen molar-refractivity contribution in [2.75, 3.05) is 40.5 Å². The number of benzene rings is 1. The van der Waals surface area contributed by atoms with Gasteiger partial charge in [0.2, 0.25) is 0 Å². The fraction of sp³-hybridized carbons (Fsp3) is 0.500. The third-order valence-electron chi connectivity index (χ3n) is 6.59. The molecule has 180 valence electrons. The lowest BCUT2D eigenvalue weighted by atomic mass is 9.85. The zero-order valence-corrected chi connectivity index (χ0v) is 20.0. The molecule has 1 atom stereocenters. The van der Waals surface area contributed by atoms with Gasteiger partial charge in [-0.05, 0) is 43.0 Å². The van der Waals surface area contributed by atoms with Gasteiger partial charge in [-0.3, -0.25) is 0 Å². The fourth-order valence-electron chi connectivity index (χ4n) is 4.51. The van der Waals surface area contributed by atoms with E-state index in [9.17, 15) is 9.59 Å². The highest BCUT2D eigenvalue weighted by Gasteiger charge is 2.62. The Hall–Kier alpha value is -2.56. The molecule has 0 aliphatic carbocycles. The maximum absolute atomic E-state index is 13.9. The number of nitrogens with one attached hydrogen (secondary N) is 1. The van der Waals surface area contributed by atoms with Gasteiger partial charge in [0.25, 0.3) is 0 Å². The molecule has 1 fully saturated rings. The molecule has 0 bridgehead atoms. The van der Waals surface area contributed by atoms with Crippen LogP contribution in [0.1, 0.15) is 35.1 Å². The van der Waals surface area contributed by atoms with Gasteiger partial charge in [0.05, 0.1) is 20.0 Å². The summed E-state index contributed by atoms with van der Waals surface area (Å²) in [7, 11) is 3.18. The van der Waals surface area contributed by atoms with Crippen molar-refractivity contribution in [1.82, 2.24) is 5.06 Å². The predicted octanol–water partition coefficient (Wildman–Crippen LogP) is 2.02. The van der Waals surface area contributed by atoms with E-state index in [0.29, 0.717) is 43.7 Å². The van der Waals surface area contributed by atoms with Crippen LogP contribution < -0.4 is 5.06 Å². The van der Waals surface area contributed by atoms with E-state index in [1.807, 2.05) is 32.9 Å². The number of nitrogens with zero attached hydrogens (tertiary/aromatic N) is 1. The summed E-state index contributed by atoms with van der Waals surface area (Å²) in [5.41, 5.74) is 3.25. The maximum Gasteiger partial charge on any atom is 0.518 e. The summed E-state index contributed by atoms with van der Waals surface area (Å²) < 4.78 is 15.7. The first-order valence-corrected chi connectivity index (χ1v) is 10.9. The number of methoxy groups -OCH3 is 1. The second-order valence-electron chi connectivity index (χ2n) is 8.21. The Morgan fingerprint density at radius 2 is 1.85 bits per heavy atom. The highest BCUT2D eigenvalue weighted by molar-refractivity contribution is 6.18. The number of aryl methyl sites for hydroxylation is 1. The van der Waals surface area contributed by atoms with E-state index in [1.54, 1.807) is 19.3 Å². The zero-order chi connectivity index (χ0) is 24.2. The molecule has 2 heterocycles. The predicted molar refractivity (Wildman–Crippen MR) is 120 cm³/mol. The smallest absolute Gasteiger partial charge is 0.403 e. The van der Waals surface area contributed by atoms with Crippen molar-refractivity contribution in [2.24, 2.45) is 0 Å². The summed E-state index contributed by atoms with van der Waals surface area (Å²) in [6, 6.07) is 3.85. The number of piperidine rings is 1. The van der Waals surface area contributed by atoms with Crippen molar-refractivity contribution >= 4 is 17.6 Å². The summed E-state index contributed by atoms with van der Waals surface area (Å²) in [6.45, 7) is 11.0. The molecule has 1 aromatic carbocycles. The van der Waals surface area contributed by atoms with Crippen LogP contribution in [0.5, 0.6) is 0 Å². The Bertz CT molecular complexity index is 948. The van der Waals surface area contributed by atoms with Gasteiger partial charge in [-0.2, -0.15) is 9.90 Å². The van der Waals surface area contributed by atoms with Crippen molar-refractivity contribution in [2.45, 2.75) is 39.2 Å². The van der Waals surface area contributed by atoms with Crippen LogP contribution in [0.15, 0.2) is 30.7 Å². The van der Waals surface area contributed by atoms with Gasteiger partial charge in [-0.15, -0.1) is 5.06 Å². The monoisotopic (exact) mass is 461 g/mol. The summed E-state index contributed by atoms with van der Waals surface area (Å²) in [4.78, 5) is 37.7. The van der Waals surface area contributed by atoms with Gasteiger partial charge in [0.15, 0.2) is 11.3 Å². The second kappa shape index (κ2) is 10.6.